The first kappa shape index (κ1) is 26.8. The maximum Gasteiger partial charge on any atom is 0.229 e. The maximum absolute atomic E-state index is 12.0. The van der Waals surface area contributed by atoms with Crippen LogP contribution in [0.1, 0.15) is 13.3 Å². The molecular weight excluding hydrogens is 500 g/mol. The molecule has 4 atom stereocenters. The molecule has 3 aromatic rings. The molecule has 10 nitrogen and oxygen atoms in total. The number of carbonyl (C=O) groups is 1. The number of sulfonamides is 1. The van der Waals surface area contributed by atoms with Gasteiger partial charge in [-0.15, -0.1) is 0 Å². The zero-order valence-corrected chi connectivity index (χ0v) is 21.2. The highest BCUT2D eigenvalue weighted by Gasteiger charge is 2.50. The van der Waals surface area contributed by atoms with E-state index < -0.39 is 53.2 Å². The Morgan fingerprint density at radius 2 is 1.89 bits per heavy atom. The highest BCUT2D eigenvalue weighted by Crippen LogP contribution is 2.40. The average Bonchev–Trinajstić information content (AvgIpc) is 2.84. The van der Waals surface area contributed by atoms with E-state index in [4.69, 9.17) is 9.47 Å². The van der Waals surface area contributed by atoms with E-state index in [2.05, 4.69) is 10.0 Å². The van der Waals surface area contributed by atoms with E-state index in [1.165, 1.54) is 6.92 Å². The molecule has 5 N–H and O–H groups in total. The number of amides is 1. The van der Waals surface area contributed by atoms with Crippen LogP contribution in [-0.4, -0.2) is 73.2 Å². The predicted molar refractivity (Wildman–Crippen MR) is 138 cm³/mol. The van der Waals surface area contributed by atoms with E-state index in [1.807, 2.05) is 30.3 Å². The summed E-state index contributed by atoms with van der Waals surface area (Å²) in [6.07, 6.45) is -1.16. The van der Waals surface area contributed by atoms with Gasteiger partial charge in [-0.25, -0.2) is 8.42 Å². The molecule has 1 heterocycles. The lowest BCUT2D eigenvalue weighted by atomic mass is 9.85. The van der Waals surface area contributed by atoms with Crippen LogP contribution in [0.4, 0.5) is 5.69 Å². The number of aliphatic hydroxyl groups is 3. The van der Waals surface area contributed by atoms with Crippen molar-refractivity contribution in [3.63, 3.8) is 0 Å². The SMILES string of the molecule is CC(=O)NC1[C@H](Oc2ccc3ccccc3c2-c2cccc(NS(C)(=O)=O)c2)OC(CO)CC1(O)CO. The smallest absolute Gasteiger partial charge is 0.229 e. The second-order valence-electron chi connectivity index (χ2n) is 9.19. The molecular formula is C26H30N2O8S. The quantitative estimate of drug-likeness (QED) is 0.294. The molecule has 3 aromatic carbocycles. The van der Waals surface area contributed by atoms with E-state index in [1.54, 1.807) is 30.3 Å². The summed E-state index contributed by atoms with van der Waals surface area (Å²) in [5.41, 5.74) is -0.181. The lowest BCUT2D eigenvalue weighted by Crippen LogP contribution is -2.67. The van der Waals surface area contributed by atoms with Crippen LogP contribution >= 0.6 is 0 Å². The molecule has 0 bridgehead atoms. The van der Waals surface area contributed by atoms with Crippen molar-refractivity contribution in [1.82, 2.24) is 5.32 Å². The van der Waals surface area contributed by atoms with Gasteiger partial charge in [-0.05, 0) is 34.5 Å². The third-order valence-electron chi connectivity index (χ3n) is 6.18. The molecule has 1 fully saturated rings. The molecule has 37 heavy (non-hydrogen) atoms. The Balaban J connectivity index is 1.84. The summed E-state index contributed by atoms with van der Waals surface area (Å²) in [7, 11) is -3.51. The number of hydrogen-bond donors (Lipinski definition) is 5. The minimum absolute atomic E-state index is 0.116. The fraction of sp³-hybridized carbons (Fsp3) is 0.346. The maximum atomic E-state index is 12.0. The fourth-order valence-corrected chi connectivity index (χ4v) is 5.16. The summed E-state index contributed by atoms with van der Waals surface area (Å²) in [6, 6.07) is 16.8. The van der Waals surface area contributed by atoms with Crippen molar-refractivity contribution in [2.75, 3.05) is 24.2 Å². The van der Waals surface area contributed by atoms with Gasteiger partial charge < -0.3 is 30.1 Å². The number of carbonyl (C=O) groups excluding carboxylic acids is 1. The zero-order chi connectivity index (χ0) is 26.8. The van der Waals surface area contributed by atoms with Gasteiger partial charge in [-0.2, -0.15) is 0 Å². The van der Waals surface area contributed by atoms with E-state index in [9.17, 15) is 28.5 Å². The molecule has 198 valence electrons. The minimum atomic E-state index is -3.51. The first-order valence-corrected chi connectivity index (χ1v) is 13.6. The lowest BCUT2D eigenvalue weighted by molar-refractivity contribution is -0.240. The zero-order valence-electron chi connectivity index (χ0n) is 20.4. The van der Waals surface area contributed by atoms with E-state index in [-0.39, 0.29) is 6.42 Å². The third kappa shape index (κ3) is 6.03. The van der Waals surface area contributed by atoms with Crippen LogP contribution in [0.3, 0.4) is 0 Å². The molecule has 0 saturated carbocycles. The van der Waals surface area contributed by atoms with Crippen molar-refractivity contribution in [1.29, 1.82) is 0 Å². The van der Waals surface area contributed by atoms with Crippen molar-refractivity contribution >= 4 is 32.4 Å². The van der Waals surface area contributed by atoms with Crippen LogP contribution in [0.2, 0.25) is 0 Å². The molecule has 0 radical (unpaired) electrons. The van der Waals surface area contributed by atoms with Crippen LogP contribution in [-0.2, 0) is 19.6 Å². The predicted octanol–water partition coefficient (Wildman–Crippen LogP) is 1.59. The Labute approximate surface area is 214 Å². The molecule has 1 amide bonds. The Hall–Kier alpha value is -3.22. The van der Waals surface area contributed by atoms with Crippen molar-refractivity contribution in [2.24, 2.45) is 0 Å². The van der Waals surface area contributed by atoms with Crippen LogP contribution in [0.25, 0.3) is 21.9 Å². The van der Waals surface area contributed by atoms with E-state index in [0.29, 0.717) is 22.6 Å². The topological polar surface area (TPSA) is 154 Å². The lowest BCUT2D eigenvalue weighted by Gasteiger charge is -2.46. The summed E-state index contributed by atoms with van der Waals surface area (Å²) in [4.78, 5) is 12.0. The Bertz CT molecular complexity index is 1400. The molecule has 11 heteroatoms. The molecule has 0 aromatic heterocycles. The van der Waals surface area contributed by atoms with Gasteiger partial charge in [-0.1, -0.05) is 42.5 Å². The Kier molecular flexibility index (Phi) is 7.72. The number of fused-ring (bicyclic) bond motifs is 1. The summed E-state index contributed by atoms with van der Waals surface area (Å²) in [6.45, 7) is 0.148. The van der Waals surface area contributed by atoms with Gasteiger partial charge in [0.1, 0.15) is 17.4 Å². The molecule has 1 saturated heterocycles. The Morgan fingerprint density at radius 1 is 1.14 bits per heavy atom. The second-order valence-corrected chi connectivity index (χ2v) is 10.9. The summed E-state index contributed by atoms with van der Waals surface area (Å²) in [5, 5.41) is 35.2. The number of benzene rings is 3. The summed E-state index contributed by atoms with van der Waals surface area (Å²) < 4.78 is 38.3. The standard InChI is InChI=1S/C26H30N2O8S/c1-16(31)27-24-25(35-20(14-29)13-26(24,32)15-30)36-22-11-10-17-6-3-4-9-21(17)23(22)18-7-5-8-19(12-18)28-37(2,33)34/h3-12,20,24-25,28-30,32H,13-15H2,1-2H3,(H,27,31)/t20?,24?,25-,26?/m0/s1. The van der Waals surface area contributed by atoms with Crippen LogP contribution in [0.15, 0.2) is 60.7 Å². The number of aliphatic hydroxyl groups excluding tert-OH is 2. The number of hydrogen-bond acceptors (Lipinski definition) is 8. The first-order chi connectivity index (χ1) is 17.5. The molecule has 1 aliphatic rings. The monoisotopic (exact) mass is 530 g/mol. The van der Waals surface area contributed by atoms with Crippen molar-refractivity contribution in [3.8, 4) is 16.9 Å². The van der Waals surface area contributed by atoms with Crippen LogP contribution in [0, 0.1) is 0 Å². The molecule has 3 unspecified atom stereocenters. The first-order valence-electron chi connectivity index (χ1n) is 11.7. The van der Waals surface area contributed by atoms with Gasteiger partial charge in [0, 0.05) is 24.6 Å². The average molecular weight is 531 g/mol. The largest absolute Gasteiger partial charge is 0.462 e. The van der Waals surface area contributed by atoms with E-state index in [0.717, 1.165) is 17.0 Å². The second kappa shape index (κ2) is 10.6. The van der Waals surface area contributed by atoms with Gasteiger partial charge in [0.2, 0.25) is 22.2 Å². The number of anilines is 1. The highest BCUT2D eigenvalue weighted by molar-refractivity contribution is 7.92. The third-order valence-corrected chi connectivity index (χ3v) is 6.79. The number of rotatable bonds is 8. The van der Waals surface area contributed by atoms with Crippen LogP contribution in [0.5, 0.6) is 5.75 Å². The molecule has 0 spiro atoms. The Morgan fingerprint density at radius 3 is 2.57 bits per heavy atom. The van der Waals surface area contributed by atoms with Crippen LogP contribution < -0.4 is 14.8 Å². The van der Waals surface area contributed by atoms with Crippen molar-refractivity contribution in [2.45, 2.75) is 37.4 Å². The summed E-state index contributed by atoms with van der Waals surface area (Å²) >= 11 is 0. The summed E-state index contributed by atoms with van der Waals surface area (Å²) in [5.74, 6) is -0.135. The van der Waals surface area contributed by atoms with Gasteiger partial charge in [0.25, 0.3) is 0 Å². The van der Waals surface area contributed by atoms with E-state index >= 15 is 0 Å². The number of ether oxygens (including phenoxy) is 2. The molecule has 4 rings (SSSR count). The van der Waals surface area contributed by atoms with Gasteiger partial charge >= 0.3 is 0 Å². The van der Waals surface area contributed by atoms with Crippen molar-refractivity contribution < 1.29 is 38.0 Å². The van der Waals surface area contributed by atoms with Gasteiger partial charge in [0.15, 0.2) is 0 Å². The van der Waals surface area contributed by atoms with Crippen molar-refractivity contribution in [3.05, 3.63) is 60.7 Å². The van der Waals surface area contributed by atoms with Gasteiger partial charge in [-0.3, -0.25) is 9.52 Å². The normalized spacial score (nSPS) is 24.0. The number of nitrogens with one attached hydrogen (secondary N) is 2. The fourth-order valence-electron chi connectivity index (χ4n) is 4.60. The van der Waals surface area contributed by atoms with Gasteiger partial charge in [0.05, 0.1) is 25.6 Å². The minimum Gasteiger partial charge on any atom is -0.462 e. The highest BCUT2D eigenvalue weighted by atomic mass is 32.2. The molecule has 1 aliphatic heterocycles. The molecule has 0 aliphatic carbocycles.